The van der Waals surface area contributed by atoms with E-state index in [1.807, 2.05) is 0 Å². The van der Waals surface area contributed by atoms with Crippen LogP contribution in [0.4, 0.5) is 5.69 Å². The summed E-state index contributed by atoms with van der Waals surface area (Å²) >= 11 is 0. The van der Waals surface area contributed by atoms with Crippen LogP contribution in [0.1, 0.15) is 48.5 Å². The number of piperidine rings is 1. The molecular formula is C24H30N2O4S. The highest BCUT2D eigenvalue weighted by Crippen LogP contribution is 2.45. The van der Waals surface area contributed by atoms with Crippen molar-refractivity contribution in [2.45, 2.75) is 56.3 Å². The molecule has 6 nitrogen and oxygen atoms in total. The number of hydrogen-bond acceptors (Lipinski definition) is 5. The SMILES string of the molecule is CS(=O)(=O)Nc1ccc2c(c1)C(O)CC1(CCN(C3CCc4ccccc4C3)CC1)O2. The van der Waals surface area contributed by atoms with Gasteiger partial charge in [-0.3, -0.25) is 9.62 Å². The van der Waals surface area contributed by atoms with Gasteiger partial charge in [0, 0.05) is 36.8 Å². The van der Waals surface area contributed by atoms with Crippen molar-refractivity contribution in [3.8, 4) is 5.75 Å². The van der Waals surface area contributed by atoms with Gasteiger partial charge in [-0.25, -0.2) is 8.42 Å². The lowest BCUT2D eigenvalue weighted by molar-refractivity contribution is -0.0608. The van der Waals surface area contributed by atoms with Crippen molar-refractivity contribution >= 4 is 15.7 Å². The van der Waals surface area contributed by atoms with Gasteiger partial charge in [0.15, 0.2) is 0 Å². The molecule has 31 heavy (non-hydrogen) atoms. The third kappa shape index (κ3) is 4.31. The average molecular weight is 443 g/mol. The second-order valence-corrected chi connectivity index (χ2v) is 11.1. The van der Waals surface area contributed by atoms with E-state index in [4.69, 9.17) is 4.74 Å². The number of rotatable bonds is 3. The van der Waals surface area contributed by atoms with Gasteiger partial charge in [-0.15, -0.1) is 0 Å². The molecule has 1 aliphatic carbocycles. The average Bonchev–Trinajstić information content (AvgIpc) is 2.73. The van der Waals surface area contributed by atoms with E-state index in [1.54, 1.807) is 18.2 Å². The van der Waals surface area contributed by atoms with Gasteiger partial charge in [0.2, 0.25) is 10.0 Å². The van der Waals surface area contributed by atoms with E-state index in [1.165, 1.54) is 17.5 Å². The Morgan fingerprint density at radius 1 is 1.13 bits per heavy atom. The van der Waals surface area contributed by atoms with E-state index in [0.29, 0.717) is 29.5 Å². The second kappa shape index (κ2) is 7.80. The van der Waals surface area contributed by atoms with Crippen molar-refractivity contribution in [1.29, 1.82) is 0 Å². The van der Waals surface area contributed by atoms with Crippen LogP contribution in [0.3, 0.4) is 0 Å². The van der Waals surface area contributed by atoms with Gasteiger partial charge in [-0.1, -0.05) is 24.3 Å². The van der Waals surface area contributed by atoms with Crippen molar-refractivity contribution in [3.63, 3.8) is 0 Å². The number of hydrogen-bond donors (Lipinski definition) is 2. The maximum absolute atomic E-state index is 11.5. The lowest BCUT2D eigenvalue weighted by Crippen LogP contribution is -2.53. The van der Waals surface area contributed by atoms with E-state index in [9.17, 15) is 13.5 Å². The van der Waals surface area contributed by atoms with Crippen LogP contribution in [0.15, 0.2) is 42.5 Å². The predicted molar refractivity (Wildman–Crippen MR) is 121 cm³/mol. The molecule has 0 aromatic heterocycles. The third-order valence-electron chi connectivity index (χ3n) is 7.11. The maximum Gasteiger partial charge on any atom is 0.229 e. The lowest BCUT2D eigenvalue weighted by Gasteiger charge is -2.48. The lowest BCUT2D eigenvalue weighted by atomic mass is 9.80. The van der Waals surface area contributed by atoms with Crippen molar-refractivity contribution < 1.29 is 18.3 Å². The summed E-state index contributed by atoms with van der Waals surface area (Å²) in [5.41, 5.74) is 3.74. The highest BCUT2D eigenvalue weighted by atomic mass is 32.2. The van der Waals surface area contributed by atoms with Crippen LogP contribution >= 0.6 is 0 Å². The number of fused-ring (bicyclic) bond motifs is 2. The fourth-order valence-corrected chi connectivity index (χ4v) is 6.06. The molecule has 1 spiro atoms. The molecule has 2 aromatic rings. The molecule has 2 N–H and O–H groups in total. The number of nitrogens with zero attached hydrogens (tertiary/aromatic N) is 1. The summed E-state index contributed by atoms with van der Waals surface area (Å²) in [6.45, 7) is 1.95. The minimum Gasteiger partial charge on any atom is -0.487 e. The summed E-state index contributed by atoms with van der Waals surface area (Å²) in [5, 5.41) is 10.9. The number of sulfonamides is 1. The number of aryl methyl sites for hydroxylation is 1. The first kappa shape index (κ1) is 20.8. The van der Waals surface area contributed by atoms with Crippen LogP contribution in [0.2, 0.25) is 0 Å². The van der Waals surface area contributed by atoms with Gasteiger partial charge >= 0.3 is 0 Å². The fraction of sp³-hybridized carbons (Fsp3) is 0.500. The van der Waals surface area contributed by atoms with Gasteiger partial charge in [0.1, 0.15) is 11.4 Å². The Labute approximate surface area is 184 Å². The molecule has 2 unspecified atom stereocenters. The summed E-state index contributed by atoms with van der Waals surface area (Å²) in [7, 11) is -3.36. The van der Waals surface area contributed by atoms with Gasteiger partial charge in [0.25, 0.3) is 0 Å². The van der Waals surface area contributed by atoms with Crippen LogP contribution in [0, 0.1) is 0 Å². The largest absolute Gasteiger partial charge is 0.487 e. The molecule has 2 aliphatic heterocycles. The molecule has 1 saturated heterocycles. The number of benzene rings is 2. The van der Waals surface area contributed by atoms with E-state index in [-0.39, 0.29) is 5.60 Å². The molecule has 1 fully saturated rings. The smallest absolute Gasteiger partial charge is 0.229 e. The van der Waals surface area contributed by atoms with Gasteiger partial charge in [-0.2, -0.15) is 0 Å². The molecule has 3 aliphatic rings. The topological polar surface area (TPSA) is 78.9 Å². The van der Waals surface area contributed by atoms with Crippen molar-refractivity contribution in [2.75, 3.05) is 24.1 Å². The summed E-state index contributed by atoms with van der Waals surface area (Å²) in [6, 6.07) is 14.5. The molecule has 5 rings (SSSR count). The molecule has 2 heterocycles. The number of aliphatic hydroxyl groups is 1. The number of anilines is 1. The van der Waals surface area contributed by atoms with Gasteiger partial charge < -0.3 is 9.84 Å². The Bertz CT molecular complexity index is 1080. The normalized spacial score (nSPS) is 25.4. The monoisotopic (exact) mass is 442 g/mol. The van der Waals surface area contributed by atoms with E-state index in [2.05, 4.69) is 33.9 Å². The highest BCUT2D eigenvalue weighted by molar-refractivity contribution is 7.92. The minimum atomic E-state index is -3.36. The van der Waals surface area contributed by atoms with Crippen LogP contribution in [0.25, 0.3) is 0 Å². The molecular weight excluding hydrogens is 412 g/mol. The predicted octanol–water partition coefficient (Wildman–Crippen LogP) is 3.27. The van der Waals surface area contributed by atoms with E-state index < -0.39 is 16.1 Å². The molecule has 2 atom stereocenters. The zero-order chi connectivity index (χ0) is 21.6. The van der Waals surface area contributed by atoms with Crippen LogP contribution < -0.4 is 9.46 Å². The zero-order valence-electron chi connectivity index (χ0n) is 17.9. The van der Waals surface area contributed by atoms with Crippen molar-refractivity contribution in [1.82, 2.24) is 4.90 Å². The van der Waals surface area contributed by atoms with E-state index >= 15 is 0 Å². The summed E-state index contributed by atoms with van der Waals surface area (Å²) in [6.07, 6.45) is 6.26. The van der Waals surface area contributed by atoms with Crippen LogP contribution in [-0.4, -0.2) is 49.4 Å². The first-order chi connectivity index (χ1) is 14.8. The Balaban J connectivity index is 1.26. The Kier molecular flexibility index (Phi) is 5.23. The van der Waals surface area contributed by atoms with Crippen LogP contribution in [-0.2, 0) is 22.9 Å². The summed E-state index contributed by atoms with van der Waals surface area (Å²) in [5.74, 6) is 0.665. The molecule has 166 valence electrons. The van der Waals surface area contributed by atoms with Crippen LogP contribution in [0.5, 0.6) is 5.75 Å². The number of aliphatic hydroxyl groups excluding tert-OH is 1. The highest BCUT2D eigenvalue weighted by Gasteiger charge is 2.44. The molecule has 0 amide bonds. The molecule has 0 saturated carbocycles. The maximum atomic E-state index is 11.5. The summed E-state index contributed by atoms with van der Waals surface area (Å²) in [4.78, 5) is 2.60. The Morgan fingerprint density at radius 3 is 2.61 bits per heavy atom. The third-order valence-corrected chi connectivity index (χ3v) is 7.72. The Hall–Kier alpha value is -2.09. The Morgan fingerprint density at radius 2 is 1.87 bits per heavy atom. The standard InChI is InChI=1S/C24H30N2O4S/c1-31(28,29)25-19-7-9-23-21(15-19)22(27)16-24(30-23)10-12-26(13-11-24)20-8-6-17-4-2-3-5-18(17)14-20/h2-5,7,9,15,20,22,25,27H,6,8,10-14,16H2,1H3. The first-order valence-corrected chi connectivity index (χ1v) is 13.0. The van der Waals surface area contributed by atoms with Crippen molar-refractivity contribution in [3.05, 3.63) is 59.2 Å². The van der Waals surface area contributed by atoms with E-state index in [0.717, 1.165) is 45.0 Å². The zero-order valence-corrected chi connectivity index (χ0v) is 18.7. The minimum absolute atomic E-state index is 0.346. The first-order valence-electron chi connectivity index (χ1n) is 11.1. The molecule has 7 heteroatoms. The molecule has 2 aromatic carbocycles. The molecule has 0 radical (unpaired) electrons. The summed E-state index contributed by atoms with van der Waals surface area (Å²) < 4.78 is 31.9. The van der Waals surface area contributed by atoms with Gasteiger partial charge in [0.05, 0.1) is 12.4 Å². The quantitative estimate of drug-likeness (QED) is 0.763. The second-order valence-electron chi connectivity index (χ2n) is 9.33. The van der Waals surface area contributed by atoms with Crippen molar-refractivity contribution in [2.24, 2.45) is 0 Å². The molecule has 0 bridgehead atoms. The number of likely N-dealkylation sites (tertiary alicyclic amines) is 1. The fourth-order valence-electron chi connectivity index (χ4n) is 5.51. The van der Waals surface area contributed by atoms with Gasteiger partial charge in [-0.05, 0) is 61.4 Å². The number of nitrogens with one attached hydrogen (secondary N) is 1. The number of ether oxygens (including phenoxy) is 1.